The Morgan fingerprint density at radius 1 is 1.25 bits per heavy atom. The normalized spacial score (nSPS) is 18.9. The fourth-order valence-corrected chi connectivity index (χ4v) is 3.03. The highest BCUT2D eigenvalue weighted by Gasteiger charge is 2.14. The Hall–Kier alpha value is -1.36. The standard InChI is InChI=1S/C16H19NO2S/c1-2-6-16(19-12-14-11-17-7-8-18-14)13(4-1)10-15-5-3-9-20-15/h1-6,9,14,17H,7-8,10-12H2/t14-/m0/s1. The lowest BCUT2D eigenvalue weighted by Crippen LogP contribution is -2.41. The molecule has 1 aromatic carbocycles. The summed E-state index contributed by atoms with van der Waals surface area (Å²) in [5.41, 5.74) is 1.23. The quantitative estimate of drug-likeness (QED) is 0.918. The van der Waals surface area contributed by atoms with Gasteiger partial charge in [0.1, 0.15) is 18.5 Å². The van der Waals surface area contributed by atoms with Crippen LogP contribution < -0.4 is 10.1 Å². The van der Waals surface area contributed by atoms with E-state index in [1.54, 1.807) is 11.3 Å². The van der Waals surface area contributed by atoms with E-state index < -0.39 is 0 Å². The minimum atomic E-state index is 0.151. The average Bonchev–Trinajstić information content (AvgIpc) is 3.00. The van der Waals surface area contributed by atoms with Gasteiger partial charge in [-0.3, -0.25) is 0 Å². The predicted octanol–water partition coefficient (Wildman–Crippen LogP) is 2.71. The molecule has 0 unspecified atom stereocenters. The number of benzene rings is 1. The zero-order valence-electron chi connectivity index (χ0n) is 11.4. The molecule has 4 heteroatoms. The predicted molar refractivity (Wildman–Crippen MR) is 81.7 cm³/mol. The maximum Gasteiger partial charge on any atom is 0.122 e. The molecule has 1 aromatic heterocycles. The van der Waals surface area contributed by atoms with Crippen LogP contribution in [-0.4, -0.2) is 32.4 Å². The van der Waals surface area contributed by atoms with Gasteiger partial charge < -0.3 is 14.8 Å². The number of thiophene rings is 1. The van der Waals surface area contributed by atoms with Crippen LogP contribution in [-0.2, 0) is 11.2 Å². The van der Waals surface area contributed by atoms with E-state index in [0.29, 0.717) is 6.61 Å². The molecular weight excluding hydrogens is 270 g/mol. The van der Waals surface area contributed by atoms with Crippen LogP contribution >= 0.6 is 11.3 Å². The van der Waals surface area contributed by atoms with Crippen LogP contribution in [0.4, 0.5) is 0 Å². The molecule has 0 saturated carbocycles. The lowest BCUT2D eigenvalue weighted by atomic mass is 10.1. The van der Waals surface area contributed by atoms with Crippen molar-refractivity contribution in [3.05, 3.63) is 52.2 Å². The highest BCUT2D eigenvalue weighted by atomic mass is 32.1. The summed E-state index contributed by atoms with van der Waals surface area (Å²) in [5, 5.41) is 5.43. The zero-order chi connectivity index (χ0) is 13.6. The van der Waals surface area contributed by atoms with Gasteiger partial charge in [-0.2, -0.15) is 0 Å². The molecule has 0 bridgehead atoms. The third kappa shape index (κ3) is 3.60. The molecule has 1 fully saturated rings. The molecule has 1 aliphatic heterocycles. The molecule has 106 valence electrons. The first-order chi connectivity index (χ1) is 9.92. The molecule has 1 saturated heterocycles. The number of ether oxygens (including phenoxy) is 2. The largest absolute Gasteiger partial charge is 0.491 e. The summed E-state index contributed by atoms with van der Waals surface area (Å²) in [6, 6.07) is 12.5. The summed E-state index contributed by atoms with van der Waals surface area (Å²) in [6.45, 7) is 3.18. The van der Waals surface area contributed by atoms with Gasteiger partial charge in [0.2, 0.25) is 0 Å². The third-order valence-corrected chi connectivity index (χ3v) is 4.22. The molecular formula is C16H19NO2S. The minimum absolute atomic E-state index is 0.151. The van der Waals surface area contributed by atoms with Gasteiger partial charge >= 0.3 is 0 Å². The molecule has 3 rings (SSSR count). The van der Waals surface area contributed by atoms with Crippen molar-refractivity contribution in [1.29, 1.82) is 0 Å². The Balaban J connectivity index is 1.63. The number of hydrogen-bond donors (Lipinski definition) is 1. The van der Waals surface area contributed by atoms with E-state index in [-0.39, 0.29) is 6.10 Å². The van der Waals surface area contributed by atoms with Crippen molar-refractivity contribution in [2.75, 3.05) is 26.3 Å². The molecule has 20 heavy (non-hydrogen) atoms. The van der Waals surface area contributed by atoms with E-state index in [0.717, 1.165) is 31.9 Å². The Morgan fingerprint density at radius 3 is 3.00 bits per heavy atom. The fourth-order valence-electron chi connectivity index (χ4n) is 2.30. The molecule has 1 N–H and O–H groups in total. The van der Waals surface area contributed by atoms with Crippen LogP contribution in [0.25, 0.3) is 0 Å². The lowest BCUT2D eigenvalue weighted by molar-refractivity contribution is 0.0000351. The Bertz CT molecular complexity index is 521. The first kappa shape index (κ1) is 13.6. The summed E-state index contributed by atoms with van der Waals surface area (Å²) in [4.78, 5) is 1.36. The zero-order valence-corrected chi connectivity index (χ0v) is 12.2. The van der Waals surface area contributed by atoms with Crippen molar-refractivity contribution in [2.45, 2.75) is 12.5 Å². The summed E-state index contributed by atoms with van der Waals surface area (Å²) in [7, 11) is 0. The van der Waals surface area contributed by atoms with Gasteiger partial charge in [-0.1, -0.05) is 24.3 Å². The van der Waals surface area contributed by atoms with Gasteiger partial charge in [-0.05, 0) is 23.1 Å². The van der Waals surface area contributed by atoms with E-state index in [4.69, 9.17) is 9.47 Å². The van der Waals surface area contributed by atoms with Gasteiger partial charge in [0.25, 0.3) is 0 Å². The highest BCUT2D eigenvalue weighted by molar-refractivity contribution is 7.09. The molecule has 2 aromatic rings. The van der Waals surface area contributed by atoms with Crippen LogP contribution in [0.5, 0.6) is 5.75 Å². The average molecular weight is 289 g/mol. The lowest BCUT2D eigenvalue weighted by Gasteiger charge is -2.24. The minimum Gasteiger partial charge on any atom is -0.491 e. The Kier molecular flexibility index (Phi) is 4.69. The van der Waals surface area contributed by atoms with Gasteiger partial charge in [0, 0.05) is 24.4 Å². The van der Waals surface area contributed by atoms with Crippen molar-refractivity contribution in [1.82, 2.24) is 5.32 Å². The fraction of sp³-hybridized carbons (Fsp3) is 0.375. The van der Waals surface area contributed by atoms with E-state index in [2.05, 4.69) is 35.0 Å². The molecule has 1 aliphatic rings. The van der Waals surface area contributed by atoms with Gasteiger partial charge in [0.15, 0.2) is 0 Å². The van der Waals surface area contributed by atoms with Gasteiger partial charge in [-0.15, -0.1) is 11.3 Å². The monoisotopic (exact) mass is 289 g/mol. The SMILES string of the molecule is c1csc(Cc2ccccc2OC[C@@H]2CNCCO2)c1. The van der Waals surface area contributed by atoms with E-state index in [1.807, 2.05) is 12.1 Å². The summed E-state index contributed by atoms with van der Waals surface area (Å²) in [6.07, 6.45) is 1.08. The van der Waals surface area contributed by atoms with Crippen LogP contribution in [0.2, 0.25) is 0 Å². The highest BCUT2D eigenvalue weighted by Crippen LogP contribution is 2.23. The molecule has 3 nitrogen and oxygen atoms in total. The van der Waals surface area contributed by atoms with Crippen molar-refractivity contribution < 1.29 is 9.47 Å². The van der Waals surface area contributed by atoms with Crippen molar-refractivity contribution in [3.63, 3.8) is 0 Å². The van der Waals surface area contributed by atoms with E-state index in [1.165, 1.54) is 10.4 Å². The van der Waals surface area contributed by atoms with Crippen molar-refractivity contribution >= 4 is 11.3 Å². The molecule has 0 radical (unpaired) electrons. The number of para-hydroxylation sites is 1. The summed E-state index contributed by atoms with van der Waals surface area (Å²) >= 11 is 1.78. The second-order valence-electron chi connectivity index (χ2n) is 4.87. The van der Waals surface area contributed by atoms with E-state index in [9.17, 15) is 0 Å². The van der Waals surface area contributed by atoms with Gasteiger partial charge in [0.05, 0.1) is 6.61 Å². The maximum atomic E-state index is 5.97. The molecule has 1 atom stereocenters. The van der Waals surface area contributed by atoms with E-state index >= 15 is 0 Å². The second kappa shape index (κ2) is 6.88. The number of nitrogens with one attached hydrogen (secondary N) is 1. The maximum absolute atomic E-state index is 5.97. The Morgan fingerprint density at radius 2 is 2.20 bits per heavy atom. The third-order valence-electron chi connectivity index (χ3n) is 3.35. The second-order valence-corrected chi connectivity index (χ2v) is 5.90. The van der Waals surface area contributed by atoms with Gasteiger partial charge in [-0.25, -0.2) is 0 Å². The van der Waals surface area contributed by atoms with Crippen molar-refractivity contribution in [2.24, 2.45) is 0 Å². The molecule has 0 spiro atoms. The number of hydrogen-bond acceptors (Lipinski definition) is 4. The van der Waals surface area contributed by atoms with Crippen LogP contribution in [0.3, 0.4) is 0 Å². The summed E-state index contributed by atoms with van der Waals surface area (Å²) < 4.78 is 11.6. The molecule has 0 aliphatic carbocycles. The summed E-state index contributed by atoms with van der Waals surface area (Å²) in [5.74, 6) is 0.968. The van der Waals surface area contributed by atoms with Crippen molar-refractivity contribution in [3.8, 4) is 5.75 Å². The van der Waals surface area contributed by atoms with Crippen LogP contribution in [0, 0.1) is 0 Å². The smallest absolute Gasteiger partial charge is 0.122 e. The number of rotatable bonds is 5. The first-order valence-corrected chi connectivity index (χ1v) is 7.85. The molecule has 2 heterocycles. The topological polar surface area (TPSA) is 30.5 Å². The van der Waals surface area contributed by atoms with Crippen LogP contribution in [0.1, 0.15) is 10.4 Å². The first-order valence-electron chi connectivity index (χ1n) is 6.97. The Labute approximate surface area is 123 Å². The number of morpholine rings is 1. The van der Waals surface area contributed by atoms with Crippen LogP contribution in [0.15, 0.2) is 41.8 Å². The molecule has 0 amide bonds.